The Labute approximate surface area is 111 Å². The molecule has 5 nitrogen and oxygen atoms in total. The Morgan fingerprint density at radius 2 is 2.11 bits per heavy atom. The molecule has 19 heavy (non-hydrogen) atoms. The van der Waals surface area contributed by atoms with Crippen LogP contribution in [0.15, 0.2) is 23.1 Å². The molecule has 0 aromatic heterocycles. The molecule has 0 fully saturated rings. The lowest BCUT2D eigenvalue weighted by atomic mass is 10.1. The van der Waals surface area contributed by atoms with Crippen molar-refractivity contribution in [3.63, 3.8) is 0 Å². The van der Waals surface area contributed by atoms with Crippen molar-refractivity contribution in [1.29, 1.82) is 0 Å². The normalized spacial score (nSPS) is 13.0. The number of halogens is 1. The van der Waals surface area contributed by atoms with Gasteiger partial charge in [-0.3, -0.25) is 4.79 Å². The Bertz CT molecular complexity index is 571. The molecule has 1 atom stereocenters. The number of anilines is 1. The van der Waals surface area contributed by atoms with Crippen LogP contribution in [-0.2, 0) is 14.6 Å². The minimum atomic E-state index is -3.40. The highest BCUT2D eigenvalue weighted by atomic mass is 32.2. The van der Waals surface area contributed by atoms with Crippen molar-refractivity contribution in [2.75, 3.05) is 11.6 Å². The van der Waals surface area contributed by atoms with Crippen molar-refractivity contribution in [3.05, 3.63) is 24.0 Å². The number of rotatable bonds is 6. The Morgan fingerprint density at radius 1 is 1.47 bits per heavy atom. The predicted octanol–water partition coefficient (Wildman–Crippen LogP) is 1.89. The zero-order valence-electron chi connectivity index (χ0n) is 10.7. The van der Waals surface area contributed by atoms with Crippen LogP contribution < -0.4 is 5.32 Å². The van der Waals surface area contributed by atoms with Gasteiger partial charge in [0.1, 0.15) is 5.82 Å². The molecule has 2 N–H and O–H groups in total. The van der Waals surface area contributed by atoms with E-state index < -0.39 is 21.6 Å². The Kier molecular flexibility index (Phi) is 4.88. The Morgan fingerprint density at radius 3 is 2.63 bits per heavy atom. The molecular weight excluding hydrogens is 273 g/mol. The van der Waals surface area contributed by atoms with E-state index in [4.69, 9.17) is 5.11 Å². The third-order valence-corrected chi connectivity index (χ3v) is 3.67. The van der Waals surface area contributed by atoms with Crippen LogP contribution in [0.25, 0.3) is 0 Å². The van der Waals surface area contributed by atoms with E-state index in [0.29, 0.717) is 6.42 Å². The van der Waals surface area contributed by atoms with Gasteiger partial charge in [-0.25, -0.2) is 12.8 Å². The molecule has 106 valence electrons. The molecule has 1 aromatic rings. The average molecular weight is 289 g/mol. The molecule has 0 aliphatic heterocycles. The highest BCUT2D eigenvalue weighted by Crippen LogP contribution is 2.21. The van der Waals surface area contributed by atoms with Gasteiger partial charge in [-0.2, -0.15) is 0 Å². The predicted molar refractivity (Wildman–Crippen MR) is 69.5 cm³/mol. The molecule has 0 saturated heterocycles. The van der Waals surface area contributed by atoms with E-state index >= 15 is 0 Å². The van der Waals surface area contributed by atoms with Gasteiger partial charge >= 0.3 is 5.97 Å². The highest BCUT2D eigenvalue weighted by Gasteiger charge is 2.13. The van der Waals surface area contributed by atoms with Crippen molar-refractivity contribution in [2.24, 2.45) is 0 Å². The smallest absolute Gasteiger partial charge is 0.303 e. The van der Waals surface area contributed by atoms with Gasteiger partial charge in [-0.1, -0.05) is 0 Å². The van der Waals surface area contributed by atoms with E-state index in [0.717, 1.165) is 12.3 Å². The molecule has 1 aromatic carbocycles. The second kappa shape index (κ2) is 6.01. The average Bonchev–Trinajstić information content (AvgIpc) is 2.28. The van der Waals surface area contributed by atoms with Crippen molar-refractivity contribution >= 4 is 21.5 Å². The number of carboxylic acids is 1. The molecule has 7 heteroatoms. The van der Waals surface area contributed by atoms with Crippen LogP contribution in [0, 0.1) is 5.82 Å². The summed E-state index contributed by atoms with van der Waals surface area (Å²) in [6.07, 6.45) is 1.32. The standard InChI is InChI=1S/C12H16FNO4S/c1-8(3-6-12(15)16)14-11-7-9(19(2,17)18)4-5-10(11)13/h4-5,7-8,14H,3,6H2,1-2H3,(H,15,16). The van der Waals surface area contributed by atoms with E-state index in [9.17, 15) is 17.6 Å². The summed E-state index contributed by atoms with van der Waals surface area (Å²) in [4.78, 5) is 10.4. The first kappa shape index (κ1) is 15.4. The fraction of sp³-hybridized carbons (Fsp3) is 0.417. The quantitative estimate of drug-likeness (QED) is 0.781. The van der Waals surface area contributed by atoms with E-state index in [1.54, 1.807) is 6.92 Å². The molecule has 0 amide bonds. The van der Waals surface area contributed by atoms with Crippen LogP contribution in [0.3, 0.4) is 0 Å². The topological polar surface area (TPSA) is 83.5 Å². The molecular formula is C12H16FNO4S. The van der Waals surface area contributed by atoms with Crippen LogP contribution in [0.5, 0.6) is 0 Å². The SMILES string of the molecule is CC(CCC(=O)O)Nc1cc(S(C)(=O)=O)ccc1F. The number of sulfone groups is 1. The first-order valence-corrected chi connectivity index (χ1v) is 7.57. The van der Waals surface area contributed by atoms with Gasteiger partial charge in [-0.15, -0.1) is 0 Å². The first-order chi connectivity index (χ1) is 8.70. The zero-order chi connectivity index (χ0) is 14.6. The van der Waals surface area contributed by atoms with Crippen LogP contribution >= 0.6 is 0 Å². The number of aliphatic carboxylic acids is 1. The molecule has 0 heterocycles. The largest absolute Gasteiger partial charge is 0.481 e. The summed E-state index contributed by atoms with van der Waals surface area (Å²) in [5.74, 6) is -1.51. The van der Waals surface area contributed by atoms with Crippen LogP contribution in [0.1, 0.15) is 19.8 Å². The number of hydrogen-bond acceptors (Lipinski definition) is 4. The van der Waals surface area contributed by atoms with Gasteiger partial charge in [0.15, 0.2) is 9.84 Å². The number of benzene rings is 1. The fourth-order valence-electron chi connectivity index (χ4n) is 1.52. The van der Waals surface area contributed by atoms with E-state index in [-0.39, 0.29) is 23.0 Å². The number of carbonyl (C=O) groups is 1. The van der Waals surface area contributed by atoms with Gasteiger partial charge in [-0.05, 0) is 31.5 Å². The number of carboxylic acid groups (broad SMARTS) is 1. The van der Waals surface area contributed by atoms with Gasteiger partial charge in [0, 0.05) is 18.7 Å². The summed E-state index contributed by atoms with van der Waals surface area (Å²) in [6.45, 7) is 1.70. The third kappa shape index (κ3) is 4.86. The molecule has 1 rings (SSSR count). The summed E-state index contributed by atoms with van der Waals surface area (Å²) in [5, 5.41) is 11.3. The molecule has 0 saturated carbocycles. The summed E-state index contributed by atoms with van der Waals surface area (Å²) in [7, 11) is -3.40. The summed E-state index contributed by atoms with van der Waals surface area (Å²) in [6, 6.07) is 3.20. The van der Waals surface area contributed by atoms with Gasteiger partial charge in [0.2, 0.25) is 0 Å². The maximum atomic E-state index is 13.5. The molecule has 0 aliphatic rings. The molecule has 0 aliphatic carbocycles. The molecule has 0 radical (unpaired) electrons. The fourth-order valence-corrected chi connectivity index (χ4v) is 2.17. The lowest BCUT2D eigenvalue weighted by Crippen LogP contribution is -2.17. The van der Waals surface area contributed by atoms with Crippen LogP contribution in [-0.4, -0.2) is 31.8 Å². The van der Waals surface area contributed by atoms with Crippen molar-refractivity contribution in [2.45, 2.75) is 30.7 Å². The minimum Gasteiger partial charge on any atom is -0.481 e. The lowest BCUT2D eigenvalue weighted by Gasteiger charge is -2.15. The van der Waals surface area contributed by atoms with E-state index in [1.165, 1.54) is 12.1 Å². The molecule has 1 unspecified atom stereocenters. The maximum Gasteiger partial charge on any atom is 0.303 e. The van der Waals surface area contributed by atoms with E-state index in [2.05, 4.69) is 5.32 Å². The zero-order valence-corrected chi connectivity index (χ0v) is 11.5. The second-order valence-electron chi connectivity index (χ2n) is 4.39. The van der Waals surface area contributed by atoms with Crippen molar-refractivity contribution in [3.8, 4) is 0 Å². The molecule has 0 spiro atoms. The Hall–Kier alpha value is -1.63. The third-order valence-electron chi connectivity index (χ3n) is 2.56. The van der Waals surface area contributed by atoms with Crippen molar-refractivity contribution < 1.29 is 22.7 Å². The number of nitrogens with one attached hydrogen (secondary N) is 1. The van der Waals surface area contributed by atoms with Gasteiger partial charge < -0.3 is 10.4 Å². The van der Waals surface area contributed by atoms with E-state index in [1.807, 2.05) is 0 Å². The van der Waals surface area contributed by atoms with Crippen LogP contribution in [0.4, 0.5) is 10.1 Å². The summed E-state index contributed by atoms with van der Waals surface area (Å²) < 4.78 is 36.3. The van der Waals surface area contributed by atoms with Crippen molar-refractivity contribution in [1.82, 2.24) is 0 Å². The number of hydrogen-bond donors (Lipinski definition) is 2. The monoisotopic (exact) mass is 289 g/mol. The first-order valence-electron chi connectivity index (χ1n) is 5.68. The Balaban J connectivity index is 2.86. The molecule has 0 bridgehead atoms. The highest BCUT2D eigenvalue weighted by molar-refractivity contribution is 7.90. The minimum absolute atomic E-state index is 0.0156. The van der Waals surface area contributed by atoms with Gasteiger partial charge in [0.25, 0.3) is 0 Å². The summed E-state index contributed by atoms with van der Waals surface area (Å²) >= 11 is 0. The van der Waals surface area contributed by atoms with Gasteiger partial charge in [0.05, 0.1) is 10.6 Å². The lowest BCUT2D eigenvalue weighted by molar-refractivity contribution is -0.137. The maximum absolute atomic E-state index is 13.5. The summed E-state index contributed by atoms with van der Waals surface area (Å²) in [5.41, 5.74) is 0.0563. The van der Waals surface area contributed by atoms with Crippen LogP contribution in [0.2, 0.25) is 0 Å². The second-order valence-corrected chi connectivity index (χ2v) is 6.41.